The zero-order valence-corrected chi connectivity index (χ0v) is 15.6. The van der Waals surface area contributed by atoms with Crippen LogP contribution in [-0.2, 0) is 7.05 Å². The second-order valence-corrected chi connectivity index (χ2v) is 7.72. The Labute approximate surface area is 147 Å². The highest BCUT2D eigenvalue weighted by Crippen LogP contribution is 2.31. The molecule has 2 aromatic heterocycles. The first-order valence-corrected chi connectivity index (χ1v) is 9.55. The Kier molecular flexibility index (Phi) is 5.53. The van der Waals surface area contributed by atoms with E-state index in [9.17, 15) is 4.79 Å². The molecule has 3 rings (SSSR count). The maximum absolute atomic E-state index is 12.4. The number of nitrogens with one attached hydrogen (secondary N) is 2. The first-order valence-electron chi connectivity index (χ1n) is 8.74. The van der Waals surface area contributed by atoms with Gasteiger partial charge >= 0.3 is 0 Å². The van der Waals surface area contributed by atoms with E-state index in [1.54, 1.807) is 0 Å². The lowest BCUT2D eigenvalue weighted by Crippen LogP contribution is -2.44. The molecule has 1 fully saturated rings. The van der Waals surface area contributed by atoms with Gasteiger partial charge in [-0.2, -0.15) is 5.10 Å². The van der Waals surface area contributed by atoms with Crippen LogP contribution in [0.4, 0.5) is 0 Å². The van der Waals surface area contributed by atoms with E-state index in [-0.39, 0.29) is 5.91 Å². The summed E-state index contributed by atoms with van der Waals surface area (Å²) in [7, 11) is 1.94. The van der Waals surface area contributed by atoms with Gasteiger partial charge in [-0.25, -0.2) is 0 Å². The van der Waals surface area contributed by atoms with Gasteiger partial charge in [0.15, 0.2) is 0 Å². The van der Waals surface area contributed by atoms with E-state index in [4.69, 9.17) is 0 Å². The summed E-state index contributed by atoms with van der Waals surface area (Å²) in [6, 6.07) is 1.99. The maximum Gasteiger partial charge on any atom is 0.261 e. The second-order valence-electron chi connectivity index (χ2n) is 6.69. The number of hydrogen-bond acceptors (Lipinski definition) is 5. The first-order chi connectivity index (χ1) is 11.6. The Morgan fingerprint density at radius 1 is 1.42 bits per heavy atom. The predicted octanol–water partition coefficient (Wildman–Crippen LogP) is 1.78. The summed E-state index contributed by atoms with van der Waals surface area (Å²) in [6.07, 6.45) is 0.995. The van der Waals surface area contributed by atoms with Crippen LogP contribution in [0.15, 0.2) is 6.07 Å². The molecule has 7 heteroatoms. The van der Waals surface area contributed by atoms with Crippen LogP contribution < -0.4 is 10.6 Å². The van der Waals surface area contributed by atoms with E-state index in [0.29, 0.717) is 5.92 Å². The molecule has 0 atom stereocenters. The Morgan fingerprint density at radius 2 is 2.17 bits per heavy atom. The van der Waals surface area contributed by atoms with E-state index in [2.05, 4.69) is 34.5 Å². The average molecular weight is 350 g/mol. The van der Waals surface area contributed by atoms with E-state index < -0.39 is 0 Å². The van der Waals surface area contributed by atoms with Crippen LogP contribution in [-0.4, -0.2) is 59.9 Å². The number of thiophene rings is 1. The monoisotopic (exact) mass is 349 g/mol. The van der Waals surface area contributed by atoms with Crippen molar-refractivity contribution in [1.82, 2.24) is 25.3 Å². The molecular formula is C17H27N5OS. The predicted molar refractivity (Wildman–Crippen MR) is 98.9 cm³/mol. The summed E-state index contributed by atoms with van der Waals surface area (Å²) in [5.41, 5.74) is 1.07. The van der Waals surface area contributed by atoms with Gasteiger partial charge in [-0.05, 0) is 24.9 Å². The van der Waals surface area contributed by atoms with E-state index in [1.807, 2.05) is 17.8 Å². The lowest BCUT2D eigenvalue weighted by atomic mass is 10.1. The fourth-order valence-electron chi connectivity index (χ4n) is 3.13. The van der Waals surface area contributed by atoms with E-state index >= 15 is 0 Å². The summed E-state index contributed by atoms with van der Waals surface area (Å²) >= 11 is 1.53. The fourth-order valence-corrected chi connectivity index (χ4v) is 4.13. The first kappa shape index (κ1) is 17.4. The van der Waals surface area contributed by atoms with Crippen molar-refractivity contribution < 1.29 is 4.79 Å². The van der Waals surface area contributed by atoms with E-state index in [1.165, 1.54) is 11.3 Å². The molecule has 1 saturated heterocycles. The molecule has 0 radical (unpaired) electrons. The summed E-state index contributed by atoms with van der Waals surface area (Å²) < 4.78 is 1.89. The van der Waals surface area contributed by atoms with Crippen LogP contribution in [0.1, 0.15) is 41.6 Å². The number of piperazine rings is 1. The topological polar surface area (TPSA) is 62.2 Å². The molecule has 2 N–H and O–H groups in total. The van der Waals surface area contributed by atoms with Gasteiger partial charge in [0.2, 0.25) is 0 Å². The minimum absolute atomic E-state index is 0.0335. The Morgan fingerprint density at radius 3 is 2.88 bits per heavy atom. The number of amides is 1. The standard InChI is InChI=1S/C17H27N5OS/c1-12(2)15-13-11-14(24-17(13)21(3)20-15)16(23)19-5-4-8-22-9-6-18-7-10-22/h11-12,18H,4-10H2,1-3H3,(H,19,23). The Bertz CT molecular complexity index is 699. The molecule has 0 spiro atoms. The molecule has 1 aliphatic heterocycles. The maximum atomic E-state index is 12.4. The van der Waals surface area contributed by atoms with Crippen molar-refractivity contribution in [3.8, 4) is 0 Å². The lowest BCUT2D eigenvalue weighted by molar-refractivity contribution is 0.0955. The van der Waals surface area contributed by atoms with Gasteiger partial charge in [0.1, 0.15) is 4.83 Å². The van der Waals surface area contributed by atoms with Crippen molar-refractivity contribution >= 4 is 27.5 Å². The summed E-state index contributed by atoms with van der Waals surface area (Å²) in [5.74, 6) is 0.393. The summed E-state index contributed by atoms with van der Waals surface area (Å²) in [6.45, 7) is 10.4. The number of rotatable bonds is 6. The molecule has 132 valence electrons. The van der Waals surface area contributed by atoms with Crippen molar-refractivity contribution in [2.45, 2.75) is 26.2 Å². The number of carbonyl (C=O) groups is 1. The third kappa shape index (κ3) is 3.79. The van der Waals surface area contributed by atoms with Crippen molar-refractivity contribution in [2.24, 2.45) is 7.05 Å². The minimum Gasteiger partial charge on any atom is -0.351 e. The Balaban J connectivity index is 1.55. The smallest absolute Gasteiger partial charge is 0.261 e. The summed E-state index contributed by atoms with van der Waals surface area (Å²) in [5, 5.41) is 12.1. The normalized spacial score (nSPS) is 16.2. The fraction of sp³-hybridized carbons (Fsp3) is 0.647. The Hall–Kier alpha value is -1.44. The molecule has 6 nitrogen and oxygen atoms in total. The summed E-state index contributed by atoms with van der Waals surface area (Å²) in [4.78, 5) is 16.7. The van der Waals surface area contributed by atoms with Gasteiger partial charge in [0.05, 0.1) is 10.6 Å². The molecule has 0 saturated carbocycles. The zero-order valence-electron chi connectivity index (χ0n) is 14.8. The van der Waals surface area contributed by atoms with Crippen LogP contribution in [0, 0.1) is 0 Å². The van der Waals surface area contributed by atoms with Crippen LogP contribution in [0.5, 0.6) is 0 Å². The lowest BCUT2D eigenvalue weighted by Gasteiger charge is -2.27. The van der Waals surface area contributed by atoms with Gasteiger partial charge in [-0.15, -0.1) is 11.3 Å². The third-order valence-electron chi connectivity index (χ3n) is 4.46. The molecule has 24 heavy (non-hydrogen) atoms. The molecule has 0 aromatic carbocycles. The highest BCUT2D eigenvalue weighted by atomic mass is 32.1. The molecule has 1 aliphatic rings. The van der Waals surface area contributed by atoms with Gasteiger partial charge < -0.3 is 15.5 Å². The van der Waals surface area contributed by atoms with Gasteiger partial charge in [-0.1, -0.05) is 13.8 Å². The van der Waals surface area contributed by atoms with Crippen molar-refractivity contribution in [3.63, 3.8) is 0 Å². The van der Waals surface area contributed by atoms with Crippen molar-refractivity contribution in [2.75, 3.05) is 39.3 Å². The second kappa shape index (κ2) is 7.63. The number of hydrogen-bond donors (Lipinski definition) is 2. The van der Waals surface area contributed by atoms with Gasteiger partial charge in [0, 0.05) is 45.2 Å². The highest BCUT2D eigenvalue weighted by molar-refractivity contribution is 7.20. The average Bonchev–Trinajstić information content (AvgIpc) is 3.13. The molecule has 2 aromatic rings. The van der Waals surface area contributed by atoms with Gasteiger partial charge in [-0.3, -0.25) is 9.48 Å². The number of fused-ring (bicyclic) bond motifs is 1. The SMILES string of the molecule is CC(C)c1nn(C)c2sc(C(=O)NCCCN3CCNCC3)cc12. The van der Waals surface area contributed by atoms with E-state index in [0.717, 1.165) is 66.5 Å². The quantitative estimate of drug-likeness (QED) is 0.781. The van der Waals surface area contributed by atoms with Crippen LogP contribution in [0.25, 0.3) is 10.2 Å². The molecule has 1 amide bonds. The van der Waals surface area contributed by atoms with Crippen molar-refractivity contribution in [1.29, 1.82) is 0 Å². The minimum atomic E-state index is 0.0335. The molecule has 3 heterocycles. The molecule has 0 bridgehead atoms. The third-order valence-corrected chi connectivity index (χ3v) is 5.66. The van der Waals surface area contributed by atoms with Crippen molar-refractivity contribution in [3.05, 3.63) is 16.6 Å². The number of aromatic nitrogens is 2. The number of nitrogens with zero attached hydrogens (tertiary/aromatic N) is 3. The zero-order chi connectivity index (χ0) is 17.1. The number of aryl methyl sites for hydroxylation is 1. The number of carbonyl (C=O) groups excluding carboxylic acids is 1. The van der Waals surface area contributed by atoms with Crippen LogP contribution >= 0.6 is 11.3 Å². The van der Waals surface area contributed by atoms with Crippen LogP contribution in [0.2, 0.25) is 0 Å². The molecule has 0 unspecified atom stereocenters. The largest absolute Gasteiger partial charge is 0.351 e. The van der Waals surface area contributed by atoms with Gasteiger partial charge in [0.25, 0.3) is 5.91 Å². The highest BCUT2D eigenvalue weighted by Gasteiger charge is 2.18. The van der Waals surface area contributed by atoms with Crippen LogP contribution in [0.3, 0.4) is 0 Å². The molecular weight excluding hydrogens is 322 g/mol. The molecule has 0 aliphatic carbocycles.